The van der Waals surface area contributed by atoms with Gasteiger partial charge < -0.3 is 4.74 Å². The first-order valence-corrected chi connectivity index (χ1v) is 8.07. The van der Waals surface area contributed by atoms with E-state index in [0.29, 0.717) is 18.1 Å². The maximum atomic E-state index is 11.6. The van der Waals surface area contributed by atoms with Crippen LogP contribution in [0.4, 0.5) is 0 Å². The lowest BCUT2D eigenvalue weighted by Gasteiger charge is -2.11. The van der Waals surface area contributed by atoms with Gasteiger partial charge in [0.15, 0.2) is 0 Å². The van der Waals surface area contributed by atoms with Crippen LogP contribution in [-0.2, 0) is 20.7 Å². The number of esters is 1. The minimum absolute atomic E-state index is 0.0686. The molecule has 0 N–H and O–H groups in total. The highest BCUT2D eigenvalue weighted by atomic mass is 35.5. The van der Waals surface area contributed by atoms with E-state index in [-0.39, 0.29) is 12.4 Å². The normalized spacial score (nSPS) is 11.4. The fraction of sp³-hybridized carbons (Fsp3) is 0.263. The zero-order valence-electron chi connectivity index (χ0n) is 13.4. The summed E-state index contributed by atoms with van der Waals surface area (Å²) in [6, 6.07) is 15.0. The molecule has 0 aliphatic rings. The molecule has 0 fully saturated rings. The standard InChI is InChI=1S/C19H18ClNO3/c1-2-24-19(23)12-18(21-13-22)10-14-6-8-15(9-7-14)16-4-3-5-17(20)11-16/h3-9,11,18H,2,10,12H2,1H3. The Morgan fingerprint density at radius 1 is 1.21 bits per heavy atom. The van der Waals surface area contributed by atoms with Crippen molar-refractivity contribution in [2.75, 3.05) is 6.61 Å². The third kappa shape index (κ3) is 5.34. The van der Waals surface area contributed by atoms with Crippen LogP contribution in [0.5, 0.6) is 0 Å². The van der Waals surface area contributed by atoms with Crippen LogP contribution < -0.4 is 0 Å². The van der Waals surface area contributed by atoms with E-state index in [1.165, 1.54) is 6.08 Å². The molecule has 0 spiro atoms. The number of isocyanates is 1. The third-order valence-electron chi connectivity index (χ3n) is 3.53. The Kier molecular flexibility index (Phi) is 6.74. The Morgan fingerprint density at radius 2 is 1.96 bits per heavy atom. The lowest BCUT2D eigenvalue weighted by Crippen LogP contribution is -2.16. The van der Waals surface area contributed by atoms with Crippen LogP contribution in [0.2, 0.25) is 5.02 Å². The van der Waals surface area contributed by atoms with E-state index < -0.39 is 6.04 Å². The number of carbonyl (C=O) groups excluding carboxylic acids is 2. The van der Waals surface area contributed by atoms with Crippen molar-refractivity contribution in [1.29, 1.82) is 0 Å². The number of aliphatic imine (C=N–C) groups is 1. The van der Waals surface area contributed by atoms with E-state index in [1.807, 2.05) is 48.5 Å². The summed E-state index contributed by atoms with van der Waals surface area (Å²) in [5.74, 6) is -0.364. The lowest BCUT2D eigenvalue weighted by atomic mass is 10.00. The molecule has 0 bridgehead atoms. The second-order valence-electron chi connectivity index (χ2n) is 5.29. The average Bonchev–Trinajstić information content (AvgIpc) is 2.56. The smallest absolute Gasteiger partial charge is 0.307 e. The first-order valence-electron chi connectivity index (χ1n) is 7.70. The van der Waals surface area contributed by atoms with E-state index in [4.69, 9.17) is 16.3 Å². The van der Waals surface area contributed by atoms with Gasteiger partial charge in [-0.15, -0.1) is 0 Å². The second-order valence-corrected chi connectivity index (χ2v) is 5.73. The highest BCUT2D eigenvalue weighted by Crippen LogP contribution is 2.23. The molecule has 0 aliphatic heterocycles. The van der Waals surface area contributed by atoms with E-state index in [0.717, 1.165) is 16.7 Å². The monoisotopic (exact) mass is 343 g/mol. The predicted octanol–water partition coefficient (Wildman–Crippen LogP) is 4.21. The van der Waals surface area contributed by atoms with Gasteiger partial charge in [0, 0.05) is 5.02 Å². The number of hydrogen-bond acceptors (Lipinski definition) is 4. The van der Waals surface area contributed by atoms with Crippen molar-refractivity contribution >= 4 is 23.7 Å². The molecule has 1 atom stereocenters. The maximum Gasteiger partial charge on any atom is 0.307 e. The maximum absolute atomic E-state index is 11.6. The quantitative estimate of drug-likeness (QED) is 0.430. The first-order chi connectivity index (χ1) is 11.6. The Hall–Kier alpha value is -2.42. The number of halogens is 1. The van der Waals surface area contributed by atoms with Gasteiger partial charge >= 0.3 is 5.97 Å². The molecule has 0 saturated heterocycles. The van der Waals surface area contributed by atoms with Crippen LogP contribution in [0.25, 0.3) is 11.1 Å². The molecule has 0 aromatic heterocycles. The highest BCUT2D eigenvalue weighted by molar-refractivity contribution is 6.30. The van der Waals surface area contributed by atoms with Crippen molar-refractivity contribution in [3.63, 3.8) is 0 Å². The molecular weight excluding hydrogens is 326 g/mol. The number of hydrogen-bond donors (Lipinski definition) is 0. The fourth-order valence-corrected chi connectivity index (χ4v) is 2.61. The number of nitrogens with zero attached hydrogens (tertiary/aromatic N) is 1. The summed E-state index contributed by atoms with van der Waals surface area (Å²) in [4.78, 5) is 25.8. The molecule has 0 aliphatic carbocycles. The molecule has 2 aromatic carbocycles. The third-order valence-corrected chi connectivity index (χ3v) is 3.76. The van der Waals surface area contributed by atoms with Crippen LogP contribution in [0.3, 0.4) is 0 Å². The van der Waals surface area contributed by atoms with Gasteiger partial charge in [-0.3, -0.25) is 4.79 Å². The summed E-state index contributed by atoms with van der Waals surface area (Å²) in [6.07, 6.45) is 2.08. The largest absolute Gasteiger partial charge is 0.466 e. The molecule has 1 unspecified atom stereocenters. The zero-order chi connectivity index (χ0) is 17.4. The van der Waals surface area contributed by atoms with Crippen molar-refractivity contribution in [3.8, 4) is 11.1 Å². The van der Waals surface area contributed by atoms with Crippen molar-refractivity contribution in [3.05, 3.63) is 59.1 Å². The Labute approximate surface area is 146 Å². The van der Waals surface area contributed by atoms with Gasteiger partial charge in [0.05, 0.1) is 19.1 Å². The van der Waals surface area contributed by atoms with E-state index >= 15 is 0 Å². The van der Waals surface area contributed by atoms with Gasteiger partial charge in [-0.25, -0.2) is 9.79 Å². The van der Waals surface area contributed by atoms with Gasteiger partial charge in [-0.05, 0) is 42.2 Å². The van der Waals surface area contributed by atoms with E-state index in [9.17, 15) is 9.59 Å². The molecule has 2 rings (SSSR count). The van der Waals surface area contributed by atoms with Crippen molar-refractivity contribution < 1.29 is 14.3 Å². The molecule has 0 saturated carbocycles. The fourth-order valence-electron chi connectivity index (χ4n) is 2.42. The molecule has 24 heavy (non-hydrogen) atoms. The second kappa shape index (κ2) is 9.02. The molecule has 0 radical (unpaired) electrons. The van der Waals surface area contributed by atoms with Gasteiger partial charge in [0.2, 0.25) is 6.08 Å². The summed E-state index contributed by atoms with van der Waals surface area (Å²) < 4.78 is 4.90. The van der Waals surface area contributed by atoms with Crippen molar-refractivity contribution in [2.24, 2.45) is 4.99 Å². The van der Waals surface area contributed by atoms with Gasteiger partial charge in [0.1, 0.15) is 0 Å². The van der Waals surface area contributed by atoms with Crippen LogP contribution >= 0.6 is 11.6 Å². The molecule has 5 heteroatoms. The number of benzene rings is 2. The summed E-state index contributed by atoms with van der Waals surface area (Å²) >= 11 is 6.01. The number of carbonyl (C=O) groups is 1. The Balaban J connectivity index is 2.08. The van der Waals surface area contributed by atoms with E-state index in [2.05, 4.69) is 4.99 Å². The van der Waals surface area contributed by atoms with Crippen LogP contribution in [0.1, 0.15) is 18.9 Å². The summed E-state index contributed by atoms with van der Waals surface area (Å²) in [5, 5.41) is 0.686. The topological polar surface area (TPSA) is 55.7 Å². The lowest BCUT2D eigenvalue weighted by molar-refractivity contribution is -0.143. The van der Waals surface area contributed by atoms with Crippen LogP contribution in [-0.4, -0.2) is 24.7 Å². The summed E-state index contributed by atoms with van der Waals surface area (Å²) in [7, 11) is 0. The van der Waals surface area contributed by atoms with Gasteiger partial charge in [0.25, 0.3) is 0 Å². The SMILES string of the molecule is CCOC(=O)CC(Cc1ccc(-c2cccc(Cl)c2)cc1)N=C=O. The summed E-state index contributed by atoms with van der Waals surface area (Å²) in [6.45, 7) is 2.05. The van der Waals surface area contributed by atoms with Crippen LogP contribution in [0, 0.1) is 0 Å². The van der Waals surface area contributed by atoms with Gasteiger partial charge in [-0.1, -0.05) is 48.0 Å². The van der Waals surface area contributed by atoms with Gasteiger partial charge in [-0.2, -0.15) is 0 Å². The molecular formula is C19H18ClNO3. The minimum Gasteiger partial charge on any atom is -0.466 e. The van der Waals surface area contributed by atoms with Crippen molar-refractivity contribution in [2.45, 2.75) is 25.8 Å². The zero-order valence-corrected chi connectivity index (χ0v) is 14.1. The highest BCUT2D eigenvalue weighted by Gasteiger charge is 2.14. The number of ether oxygens (including phenoxy) is 1. The average molecular weight is 344 g/mol. The summed E-state index contributed by atoms with van der Waals surface area (Å²) in [5.41, 5.74) is 3.05. The first kappa shape index (κ1) is 17.9. The molecule has 0 heterocycles. The number of rotatable bonds is 7. The van der Waals surface area contributed by atoms with Crippen molar-refractivity contribution in [1.82, 2.24) is 0 Å². The molecule has 0 amide bonds. The predicted molar refractivity (Wildman–Crippen MR) is 93.8 cm³/mol. The molecule has 4 nitrogen and oxygen atoms in total. The van der Waals surface area contributed by atoms with Crippen LogP contribution in [0.15, 0.2) is 53.5 Å². The van der Waals surface area contributed by atoms with E-state index in [1.54, 1.807) is 6.92 Å². The molecule has 2 aromatic rings. The molecule has 124 valence electrons. The Morgan fingerprint density at radius 3 is 2.58 bits per heavy atom. The minimum atomic E-state index is -0.460. The Bertz CT molecular complexity index is 737.